The predicted octanol–water partition coefficient (Wildman–Crippen LogP) is 3.96. The summed E-state index contributed by atoms with van der Waals surface area (Å²) in [5, 5.41) is 2.93. The fourth-order valence-electron chi connectivity index (χ4n) is 2.49. The molecule has 0 bridgehead atoms. The SMILES string of the molecule is CCOc1ccc(CNC(=O)[C@H](CC)Oc2ccccc2)cc1OCC. The van der Waals surface area contributed by atoms with Gasteiger partial charge in [0.25, 0.3) is 5.91 Å². The molecule has 0 aliphatic rings. The van der Waals surface area contributed by atoms with Crippen LogP contribution in [0.3, 0.4) is 0 Å². The van der Waals surface area contributed by atoms with E-state index in [1.165, 1.54) is 0 Å². The van der Waals surface area contributed by atoms with Crippen molar-refractivity contribution in [2.24, 2.45) is 0 Å². The average molecular weight is 357 g/mol. The normalized spacial score (nSPS) is 11.5. The zero-order valence-corrected chi connectivity index (χ0v) is 15.7. The Morgan fingerprint density at radius 1 is 0.962 bits per heavy atom. The maximum absolute atomic E-state index is 12.4. The maximum atomic E-state index is 12.4. The molecule has 0 saturated heterocycles. The van der Waals surface area contributed by atoms with Crippen molar-refractivity contribution in [1.82, 2.24) is 5.32 Å². The second-order valence-corrected chi connectivity index (χ2v) is 5.69. The quantitative estimate of drug-likeness (QED) is 0.699. The first-order chi connectivity index (χ1) is 12.7. The molecule has 0 aliphatic carbocycles. The van der Waals surface area contributed by atoms with Crippen LogP contribution in [-0.4, -0.2) is 25.2 Å². The van der Waals surface area contributed by atoms with Crippen LogP contribution in [-0.2, 0) is 11.3 Å². The van der Waals surface area contributed by atoms with Crippen molar-refractivity contribution in [2.75, 3.05) is 13.2 Å². The molecule has 1 amide bonds. The van der Waals surface area contributed by atoms with E-state index in [9.17, 15) is 4.79 Å². The molecule has 26 heavy (non-hydrogen) atoms. The Hall–Kier alpha value is -2.69. The standard InChI is InChI=1S/C21H27NO4/c1-4-18(26-17-10-8-7-9-11-17)21(23)22-15-16-12-13-19(24-5-2)20(14-16)25-6-3/h7-14,18H,4-6,15H2,1-3H3,(H,22,23)/t18-/m0/s1. The van der Waals surface area contributed by atoms with E-state index in [4.69, 9.17) is 14.2 Å². The van der Waals surface area contributed by atoms with E-state index in [0.717, 1.165) is 5.56 Å². The van der Waals surface area contributed by atoms with Gasteiger partial charge in [0.2, 0.25) is 0 Å². The summed E-state index contributed by atoms with van der Waals surface area (Å²) in [4.78, 5) is 12.4. The predicted molar refractivity (Wildman–Crippen MR) is 102 cm³/mol. The van der Waals surface area contributed by atoms with E-state index in [0.29, 0.717) is 43.4 Å². The van der Waals surface area contributed by atoms with Gasteiger partial charge in [-0.2, -0.15) is 0 Å². The van der Waals surface area contributed by atoms with E-state index in [-0.39, 0.29) is 5.91 Å². The second-order valence-electron chi connectivity index (χ2n) is 5.69. The number of amides is 1. The number of nitrogens with one attached hydrogen (secondary N) is 1. The number of benzene rings is 2. The van der Waals surface area contributed by atoms with Crippen LogP contribution in [0, 0.1) is 0 Å². The van der Waals surface area contributed by atoms with E-state index < -0.39 is 6.10 Å². The van der Waals surface area contributed by atoms with Gasteiger partial charge in [0.05, 0.1) is 13.2 Å². The fourth-order valence-corrected chi connectivity index (χ4v) is 2.49. The third kappa shape index (κ3) is 5.69. The Bertz CT molecular complexity index is 688. The lowest BCUT2D eigenvalue weighted by Gasteiger charge is -2.18. The molecule has 2 aromatic rings. The van der Waals surface area contributed by atoms with Gasteiger partial charge in [0.15, 0.2) is 17.6 Å². The van der Waals surface area contributed by atoms with Crippen LogP contribution in [0.2, 0.25) is 0 Å². The lowest BCUT2D eigenvalue weighted by molar-refractivity contribution is -0.128. The Balaban J connectivity index is 1.97. The molecule has 1 N–H and O–H groups in total. The van der Waals surface area contributed by atoms with Crippen molar-refractivity contribution < 1.29 is 19.0 Å². The number of hydrogen-bond donors (Lipinski definition) is 1. The van der Waals surface area contributed by atoms with E-state index in [1.807, 2.05) is 69.3 Å². The molecule has 0 heterocycles. The molecule has 0 fully saturated rings. The number of rotatable bonds is 10. The molecule has 0 spiro atoms. The van der Waals surface area contributed by atoms with Crippen molar-refractivity contribution in [1.29, 1.82) is 0 Å². The summed E-state index contributed by atoms with van der Waals surface area (Å²) < 4.78 is 17.0. The van der Waals surface area contributed by atoms with Crippen molar-refractivity contribution in [3.05, 3.63) is 54.1 Å². The van der Waals surface area contributed by atoms with Gasteiger partial charge in [-0.05, 0) is 50.1 Å². The highest BCUT2D eigenvalue weighted by atomic mass is 16.5. The van der Waals surface area contributed by atoms with Gasteiger partial charge in [-0.15, -0.1) is 0 Å². The molecule has 1 atom stereocenters. The summed E-state index contributed by atoms with van der Waals surface area (Å²) >= 11 is 0. The minimum Gasteiger partial charge on any atom is -0.490 e. The van der Waals surface area contributed by atoms with Crippen molar-refractivity contribution in [3.63, 3.8) is 0 Å². The lowest BCUT2D eigenvalue weighted by Crippen LogP contribution is -2.37. The summed E-state index contributed by atoms with van der Waals surface area (Å²) in [5.74, 6) is 1.95. The number of carbonyl (C=O) groups is 1. The zero-order valence-electron chi connectivity index (χ0n) is 15.7. The van der Waals surface area contributed by atoms with Crippen LogP contribution in [0.25, 0.3) is 0 Å². The third-order valence-corrected chi connectivity index (χ3v) is 3.76. The van der Waals surface area contributed by atoms with E-state index in [2.05, 4.69) is 5.32 Å². The second kappa shape index (κ2) is 10.3. The highest BCUT2D eigenvalue weighted by Crippen LogP contribution is 2.28. The van der Waals surface area contributed by atoms with Crippen LogP contribution in [0.4, 0.5) is 0 Å². The Labute approximate surface area is 155 Å². The van der Waals surface area contributed by atoms with Gasteiger partial charge in [0.1, 0.15) is 5.75 Å². The Morgan fingerprint density at radius 2 is 1.65 bits per heavy atom. The molecule has 2 aromatic carbocycles. The third-order valence-electron chi connectivity index (χ3n) is 3.76. The lowest BCUT2D eigenvalue weighted by atomic mass is 10.2. The first-order valence-electron chi connectivity index (χ1n) is 9.05. The van der Waals surface area contributed by atoms with Gasteiger partial charge in [-0.25, -0.2) is 0 Å². The molecule has 0 saturated carbocycles. The van der Waals surface area contributed by atoms with Gasteiger partial charge < -0.3 is 19.5 Å². The molecule has 0 radical (unpaired) electrons. The summed E-state index contributed by atoms with van der Waals surface area (Å²) in [6.45, 7) is 7.32. The molecule has 0 aromatic heterocycles. The summed E-state index contributed by atoms with van der Waals surface area (Å²) in [6, 6.07) is 15.1. The molecule has 2 rings (SSSR count). The molecular formula is C21H27NO4. The Morgan fingerprint density at radius 3 is 2.31 bits per heavy atom. The zero-order chi connectivity index (χ0) is 18.8. The molecular weight excluding hydrogens is 330 g/mol. The number of para-hydroxylation sites is 1. The highest BCUT2D eigenvalue weighted by molar-refractivity contribution is 5.81. The Kier molecular flexibility index (Phi) is 7.80. The topological polar surface area (TPSA) is 56.8 Å². The molecule has 140 valence electrons. The first-order valence-corrected chi connectivity index (χ1v) is 9.05. The molecule has 5 heteroatoms. The molecule has 0 unspecified atom stereocenters. The molecule has 0 aliphatic heterocycles. The fraction of sp³-hybridized carbons (Fsp3) is 0.381. The minimum absolute atomic E-state index is 0.136. The van der Waals surface area contributed by atoms with Crippen LogP contribution in [0.5, 0.6) is 17.2 Å². The average Bonchev–Trinajstić information content (AvgIpc) is 2.67. The van der Waals surface area contributed by atoms with Crippen LogP contribution in [0.15, 0.2) is 48.5 Å². The summed E-state index contributed by atoms with van der Waals surface area (Å²) in [7, 11) is 0. The number of ether oxygens (including phenoxy) is 3. The van der Waals surface area contributed by atoms with Gasteiger partial charge in [-0.3, -0.25) is 4.79 Å². The maximum Gasteiger partial charge on any atom is 0.261 e. The summed E-state index contributed by atoms with van der Waals surface area (Å²) in [6.07, 6.45) is 0.0697. The van der Waals surface area contributed by atoms with Gasteiger partial charge in [0, 0.05) is 6.54 Å². The van der Waals surface area contributed by atoms with Crippen LogP contribution >= 0.6 is 0 Å². The largest absolute Gasteiger partial charge is 0.490 e. The van der Waals surface area contributed by atoms with Crippen LogP contribution in [0.1, 0.15) is 32.8 Å². The first kappa shape index (κ1) is 19.6. The van der Waals surface area contributed by atoms with Crippen molar-refractivity contribution >= 4 is 5.91 Å². The summed E-state index contributed by atoms with van der Waals surface area (Å²) in [5.41, 5.74) is 0.944. The van der Waals surface area contributed by atoms with Crippen molar-refractivity contribution in [2.45, 2.75) is 39.8 Å². The smallest absolute Gasteiger partial charge is 0.261 e. The highest BCUT2D eigenvalue weighted by Gasteiger charge is 2.18. The monoisotopic (exact) mass is 357 g/mol. The number of hydrogen-bond acceptors (Lipinski definition) is 4. The molecule has 5 nitrogen and oxygen atoms in total. The number of carbonyl (C=O) groups excluding carboxylic acids is 1. The van der Waals surface area contributed by atoms with Gasteiger partial charge in [-0.1, -0.05) is 31.2 Å². The van der Waals surface area contributed by atoms with Gasteiger partial charge >= 0.3 is 0 Å². The van der Waals surface area contributed by atoms with E-state index in [1.54, 1.807) is 0 Å². The van der Waals surface area contributed by atoms with E-state index >= 15 is 0 Å². The van der Waals surface area contributed by atoms with Crippen molar-refractivity contribution in [3.8, 4) is 17.2 Å². The van der Waals surface area contributed by atoms with Crippen LogP contribution < -0.4 is 19.5 Å². The minimum atomic E-state index is -0.522.